The average molecular weight is 432 g/mol. The Morgan fingerprint density at radius 2 is 1.45 bits per heavy atom. The quantitative estimate of drug-likeness (QED) is 0.384. The maximum atomic E-state index is 14.6. The maximum Gasteiger partial charge on any atom is 0.429 e. The normalized spacial score (nSPS) is 15.8. The predicted molar refractivity (Wildman–Crippen MR) is 109 cm³/mol. The van der Waals surface area contributed by atoms with E-state index in [4.69, 9.17) is 0 Å². The Kier molecular flexibility index (Phi) is 5.50. The van der Waals surface area contributed by atoms with Crippen molar-refractivity contribution in [1.82, 2.24) is 0 Å². The number of hydrogen-bond donors (Lipinski definition) is 0. The highest BCUT2D eigenvalue weighted by atomic mass is 19.3. The molecule has 0 fully saturated rings. The van der Waals surface area contributed by atoms with Gasteiger partial charge in [0.1, 0.15) is 23.2 Å². The summed E-state index contributed by atoms with van der Waals surface area (Å²) in [5.74, 6) is -3.34. The Morgan fingerprint density at radius 3 is 2.10 bits per heavy atom. The van der Waals surface area contributed by atoms with Crippen LogP contribution >= 0.6 is 0 Å². The largest absolute Gasteiger partial charge is 0.429 e. The van der Waals surface area contributed by atoms with Crippen LogP contribution in [0.2, 0.25) is 0 Å². The summed E-state index contributed by atoms with van der Waals surface area (Å²) in [7, 11) is 0. The van der Waals surface area contributed by atoms with Crippen molar-refractivity contribution >= 4 is 0 Å². The SMILES string of the molecule is CCC1Cc2ccc(-c3ccc(C(F)(F)Oc4cc(F)c(C)c(F)c4)c(F)c3)cc2C1. The van der Waals surface area contributed by atoms with Crippen molar-refractivity contribution in [2.24, 2.45) is 5.92 Å². The summed E-state index contributed by atoms with van der Waals surface area (Å²) in [5, 5.41) is 0. The molecule has 0 heterocycles. The van der Waals surface area contributed by atoms with E-state index in [1.807, 2.05) is 18.2 Å². The first kappa shape index (κ1) is 21.3. The van der Waals surface area contributed by atoms with Crippen molar-refractivity contribution in [1.29, 1.82) is 0 Å². The first-order valence-corrected chi connectivity index (χ1v) is 10.1. The van der Waals surface area contributed by atoms with Crippen molar-refractivity contribution < 1.29 is 26.7 Å². The van der Waals surface area contributed by atoms with Crippen LogP contribution < -0.4 is 4.74 Å². The molecule has 31 heavy (non-hydrogen) atoms. The molecule has 1 nitrogen and oxygen atoms in total. The molecule has 162 valence electrons. The van der Waals surface area contributed by atoms with Gasteiger partial charge in [-0.25, -0.2) is 13.2 Å². The van der Waals surface area contributed by atoms with E-state index in [0.29, 0.717) is 23.6 Å². The van der Waals surface area contributed by atoms with E-state index in [2.05, 4.69) is 11.7 Å². The smallest absolute Gasteiger partial charge is 0.429 e. The summed E-state index contributed by atoms with van der Waals surface area (Å²) in [6.45, 7) is 3.32. The van der Waals surface area contributed by atoms with Gasteiger partial charge >= 0.3 is 6.11 Å². The summed E-state index contributed by atoms with van der Waals surface area (Å²) in [6, 6.07) is 10.5. The molecule has 1 unspecified atom stereocenters. The van der Waals surface area contributed by atoms with Crippen molar-refractivity contribution in [3.8, 4) is 16.9 Å². The van der Waals surface area contributed by atoms with Crippen LogP contribution in [-0.2, 0) is 19.0 Å². The van der Waals surface area contributed by atoms with Gasteiger partial charge in [-0.2, -0.15) is 8.78 Å². The van der Waals surface area contributed by atoms with Crippen LogP contribution in [0.25, 0.3) is 11.1 Å². The van der Waals surface area contributed by atoms with Gasteiger partial charge in [-0.1, -0.05) is 37.6 Å². The second-order valence-electron chi connectivity index (χ2n) is 7.99. The Bertz CT molecular complexity index is 1120. The molecule has 0 aromatic heterocycles. The highest BCUT2D eigenvalue weighted by Gasteiger charge is 2.38. The van der Waals surface area contributed by atoms with Crippen molar-refractivity contribution in [3.05, 3.63) is 88.2 Å². The minimum absolute atomic E-state index is 0.314. The van der Waals surface area contributed by atoms with Gasteiger partial charge < -0.3 is 4.74 Å². The second kappa shape index (κ2) is 7.98. The number of fused-ring (bicyclic) bond motifs is 1. The molecule has 0 saturated heterocycles. The third-order valence-corrected chi connectivity index (χ3v) is 5.92. The van der Waals surface area contributed by atoms with E-state index in [1.165, 1.54) is 24.1 Å². The Hall–Kier alpha value is -2.89. The highest BCUT2D eigenvalue weighted by molar-refractivity contribution is 5.66. The lowest BCUT2D eigenvalue weighted by atomic mass is 9.99. The number of hydrogen-bond acceptors (Lipinski definition) is 1. The molecular weight excluding hydrogens is 411 g/mol. The highest BCUT2D eigenvalue weighted by Crippen LogP contribution is 2.37. The van der Waals surface area contributed by atoms with E-state index in [1.54, 1.807) is 0 Å². The fraction of sp³-hybridized carbons (Fsp3) is 0.280. The fourth-order valence-electron chi connectivity index (χ4n) is 3.99. The van der Waals surface area contributed by atoms with Gasteiger partial charge in [-0.05, 0) is 60.1 Å². The topological polar surface area (TPSA) is 9.23 Å². The first-order chi connectivity index (χ1) is 14.7. The molecule has 6 heteroatoms. The third kappa shape index (κ3) is 4.16. The molecule has 0 N–H and O–H groups in total. The van der Waals surface area contributed by atoms with Gasteiger partial charge in [0, 0.05) is 17.7 Å². The van der Waals surface area contributed by atoms with Gasteiger partial charge in [-0.3, -0.25) is 0 Å². The number of ether oxygens (including phenoxy) is 1. The first-order valence-electron chi connectivity index (χ1n) is 10.1. The average Bonchev–Trinajstić information content (AvgIpc) is 3.13. The monoisotopic (exact) mass is 432 g/mol. The molecule has 4 rings (SSSR count). The zero-order chi connectivity index (χ0) is 22.3. The summed E-state index contributed by atoms with van der Waals surface area (Å²) < 4.78 is 75.5. The minimum atomic E-state index is -4.11. The maximum absolute atomic E-state index is 14.6. The van der Waals surface area contributed by atoms with E-state index in [-0.39, 0.29) is 5.56 Å². The molecule has 1 aliphatic rings. The summed E-state index contributed by atoms with van der Waals surface area (Å²) >= 11 is 0. The summed E-state index contributed by atoms with van der Waals surface area (Å²) in [5.41, 5.74) is 2.35. The van der Waals surface area contributed by atoms with Crippen LogP contribution in [0.3, 0.4) is 0 Å². The molecule has 0 bridgehead atoms. The third-order valence-electron chi connectivity index (χ3n) is 5.92. The molecule has 0 saturated carbocycles. The molecule has 0 spiro atoms. The lowest BCUT2D eigenvalue weighted by molar-refractivity contribution is -0.187. The van der Waals surface area contributed by atoms with Gasteiger partial charge in [-0.15, -0.1) is 0 Å². The lowest BCUT2D eigenvalue weighted by Crippen LogP contribution is -2.23. The second-order valence-corrected chi connectivity index (χ2v) is 7.99. The zero-order valence-electron chi connectivity index (χ0n) is 17.1. The number of alkyl halides is 2. The number of rotatable bonds is 5. The van der Waals surface area contributed by atoms with Crippen LogP contribution in [0.1, 0.15) is 35.6 Å². The van der Waals surface area contributed by atoms with Gasteiger partial charge in [0.25, 0.3) is 0 Å². The van der Waals surface area contributed by atoms with Crippen LogP contribution in [0.4, 0.5) is 22.0 Å². The van der Waals surface area contributed by atoms with Crippen LogP contribution in [-0.4, -0.2) is 0 Å². The lowest BCUT2D eigenvalue weighted by Gasteiger charge is -2.20. The Labute approximate surface area is 177 Å². The van der Waals surface area contributed by atoms with Gasteiger partial charge in [0.05, 0.1) is 5.56 Å². The van der Waals surface area contributed by atoms with Gasteiger partial charge in [0.15, 0.2) is 0 Å². The van der Waals surface area contributed by atoms with E-state index >= 15 is 0 Å². The van der Waals surface area contributed by atoms with Crippen LogP contribution in [0.15, 0.2) is 48.5 Å². The molecule has 0 radical (unpaired) electrons. The van der Waals surface area contributed by atoms with Crippen molar-refractivity contribution in [2.75, 3.05) is 0 Å². The van der Waals surface area contributed by atoms with E-state index in [9.17, 15) is 22.0 Å². The molecule has 0 aliphatic heterocycles. The molecular formula is C25H21F5O. The number of benzene rings is 3. The van der Waals surface area contributed by atoms with E-state index < -0.39 is 34.9 Å². The number of halogens is 5. The van der Waals surface area contributed by atoms with E-state index in [0.717, 1.165) is 37.0 Å². The zero-order valence-corrected chi connectivity index (χ0v) is 17.1. The van der Waals surface area contributed by atoms with Crippen LogP contribution in [0, 0.1) is 30.3 Å². The standard InChI is InChI=1S/C25H21F5O/c1-3-15-8-16-4-5-17(10-19(16)9-15)18-6-7-21(24(28)11-18)25(29,30)31-20-12-22(26)14(2)23(27)13-20/h4-7,10-13,15H,3,8-9H2,1-2H3. The van der Waals surface area contributed by atoms with Crippen molar-refractivity contribution in [2.45, 2.75) is 39.2 Å². The molecule has 0 amide bonds. The molecule has 1 atom stereocenters. The molecule has 1 aliphatic carbocycles. The Balaban J connectivity index is 1.60. The van der Waals surface area contributed by atoms with Crippen molar-refractivity contribution in [3.63, 3.8) is 0 Å². The predicted octanol–water partition coefficient (Wildman–Crippen LogP) is 7.33. The molecule has 3 aromatic rings. The minimum Gasteiger partial charge on any atom is -0.429 e. The fourth-order valence-corrected chi connectivity index (χ4v) is 3.99. The summed E-state index contributed by atoms with van der Waals surface area (Å²) in [6.07, 6.45) is -1.06. The van der Waals surface area contributed by atoms with Gasteiger partial charge in [0.2, 0.25) is 0 Å². The molecule has 3 aromatic carbocycles. The summed E-state index contributed by atoms with van der Waals surface area (Å²) in [4.78, 5) is 0. The Morgan fingerprint density at radius 1 is 0.839 bits per heavy atom. The van der Waals surface area contributed by atoms with Crippen LogP contribution in [0.5, 0.6) is 5.75 Å².